The molecule has 0 radical (unpaired) electrons. The van der Waals surface area contributed by atoms with Gasteiger partial charge in [-0.15, -0.1) is 12.4 Å². The maximum Gasteiger partial charge on any atom is 0.320 e. The van der Waals surface area contributed by atoms with E-state index in [1.54, 1.807) is 6.92 Å². The van der Waals surface area contributed by atoms with Gasteiger partial charge in [-0.05, 0) is 31.0 Å². The van der Waals surface area contributed by atoms with E-state index < -0.39 is 23.6 Å². The highest BCUT2D eigenvalue weighted by atomic mass is 35.5. The Bertz CT molecular complexity index is 429. The fraction of sp³-hybridized carbons (Fsp3) is 0.462. The standard InChI is InChI=1S/C13H17F2NO2.ClH/c1-3-4-12(13(17)18)16-8(2)9-5-6-10(14)11(15)7-9;/h5-8,12,16H,3-4H2,1-2H3,(H,17,18);1H. The SMILES string of the molecule is CCCC(NC(C)c1ccc(F)c(F)c1)C(=O)O.Cl. The van der Waals surface area contributed by atoms with Crippen molar-refractivity contribution in [2.75, 3.05) is 0 Å². The van der Waals surface area contributed by atoms with Crippen LogP contribution in [0.1, 0.15) is 38.3 Å². The van der Waals surface area contributed by atoms with E-state index in [9.17, 15) is 13.6 Å². The number of benzene rings is 1. The second-order valence-corrected chi connectivity index (χ2v) is 4.24. The quantitative estimate of drug-likeness (QED) is 0.846. The Morgan fingerprint density at radius 3 is 2.47 bits per heavy atom. The monoisotopic (exact) mass is 293 g/mol. The van der Waals surface area contributed by atoms with Crippen molar-refractivity contribution < 1.29 is 18.7 Å². The van der Waals surface area contributed by atoms with Crippen LogP contribution in [0, 0.1) is 11.6 Å². The van der Waals surface area contributed by atoms with Gasteiger partial charge in [-0.1, -0.05) is 19.4 Å². The largest absolute Gasteiger partial charge is 0.480 e. The predicted octanol–water partition coefficient (Wildman–Crippen LogP) is 3.29. The molecular weight excluding hydrogens is 276 g/mol. The molecule has 0 aromatic heterocycles. The number of hydrogen-bond acceptors (Lipinski definition) is 2. The van der Waals surface area contributed by atoms with Crippen LogP contribution in [0.3, 0.4) is 0 Å². The first-order chi connectivity index (χ1) is 8.45. The molecule has 0 amide bonds. The second-order valence-electron chi connectivity index (χ2n) is 4.24. The highest BCUT2D eigenvalue weighted by Gasteiger charge is 2.19. The maximum absolute atomic E-state index is 13.1. The zero-order valence-electron chi connectivity index (χ0n) is 10.8. The Hall–Kier alpha value is -1.20. The summed E-state index contributed by atoms with van der Waals surface area (Å²) in [5.41, 5.74) is 0.524. The third-order valence-electron chi connectivity index (χ3n) is 2.77. The van der Waals surface area contributed by atoms with Gasteiger partial charge in [-0.2, -0.15) is 0 Å². The highest BCUT2D eigenvalue weighted by molar-refractivity contribution is 5.85. The van der Waals surface area contributed by atoms with Crippen molar-refractivity contribution in [3.63, 3.8) is 0 Å². The molecule has 19 heavy (non-hydrogen) atoms. The molecule has 2 unspecified atom stereocenters. The lowest BCUT2D eigenvalue weighted by atomic mass is 10.1. The van der Waals surface area contributed by atoms with Gasteiger partial charge in [0.15, 0.2) is 11.6 Å². The first kappa shape index (κ1) is 17.8. The van der Waals surface area contributed by atoms with E-state index in [0.29, 0.717) is 12.0 Å². The number of aliphatic carboxylic acids is 1. The minimum absolute atomic E-state index is 0. The third kappa shape index (κ3) is 5.12. The van der Waals surface area contributed by atoms with Crippen LogP contribution in [0.15, 0.2) is 18.2 Å². The van der Waals surface area contributed by atoms with Crippen LogP contribution < -0.4 is 5.32 Å². The van der Waals surface area contributed by atoms with Crippen molar-refractivity contribution >= 4 is 18.4 Å². The van der Waals surface area contributed by atoms with E-state index >= 15 is 0 Å². The van der Waals surface area contributed by atoms with Crippen molar-refractivity contribution in [3.05, 3.63) is 35.4 Å². The molecule has 0 fully saturated rings. The van der Waals surface area contributed by atoms with Crippen molar-refractivity contribution in [1.29, 1.82) is 0 Å². The van der Waals surface area contributed by atoms with Crippen LogP contribution in [0.2, 0.25) is 0 Å². The minimum Gasteiger partial charge on any atom is -0.480 e. The van der Waals surface area contributed by atoms with E-state index in [4.69, 9.17) is 5.11 Å². The summed E-state index contributed by atoms with van der Waals surface area (Å²) in [7, 11) is 0. The lowest BCUT2D eigenvalue weighted by Gasteiger charge is -2.20. The zero-order valence-corrected chi connectivity index (χ0v) is 11.6. The first-order valence-electron chi connectivity index (χ1n) is 5.89. The minimum atomic E-state index is -0.939. The number of hydrogen-bond donors (Lipinski definition) is 2. The van der Waals surface area contributed by atoms with Gasteiger partial charge in [-0.3, -0.25) is 10.1 Å². The molecule has 2 atom stereocenters. The molecule has 0 aliphatic heterocycles. The molecule has 6 heteroatoms. The number of carbonyl (C=O) groups is 1. The number of halogens is 3. The predicted molar refractivity (Wildman–Crippen MR) is 71.5 cm³/mol. The molecule has 0 bridgehead atoms. The van der Waals surface area contributed by atoms with Crippen molar-refractivity contribution in [3.8, 4) is 0 Å². The van der Waals surface area contributed by atoms with E-state index in [0.717, 1.165) is 18.6 Å². The summed E-state index contributed by atoms with van der Waals surface area (Å²) >= 11 is 0. The molecule has 3 nitrogen and oxygen atoms in total. The summed E-state index contributed by atoms with van der Waals surface area (Å²) in [4.78, 5) is 11.0. The average molecular weight is 294 g/mol. The Balaban J connectivity index is 0.00000324. The summed E-state index contributed by atoms with van der Waals surface area (Å²) in [6, 6.07) is 2.53. The van der Waals surface area contributed by atoms with Crippen LogP contribution in [0.5, 0.6) is 0 Å². The molecule has 0 aliphatic rings. The van der Waals surface area contributed by atoms with Gasteiger partial charge in [-0.25, -0.2) is 8.78 Å². The smallest absolute Gasteiger partial charge is 0.320 e. The Morgan fingerprint density at radius 2 is 2.00 bits per heavy atom. The van der Waals surface area contributed by atoms with Gasteiger partial charge < -0.3 is 5.11 Å². The van der Waals surface area contributed by atoms with Crippen LogP contribution in [0.4, 0.5) is 8.78 Å². The Morgan fingerprint density at radius 1 is 1.37 bits per heavy atom. The van der Waals surface area contributed by atoms with Gasteiger partial charge >= 0.3 is 5.97 Å². The molecule has 2 N–H and O–H groups in total. The van der Waals surface area contributed by atoms with Crippen molar-refractivity contribution in [2.45, 2.75) is 38.8 Å². The van der Waals surface area contributed by atoms with Gasteiger partial charge in [0.05, 0.1) is 0 Å². The number of carboxylic acid groups (broad SMARTS) is 1. The zero-order chi connectivity index (χ0) is 13.7. The van der Waals surface area contributed by atoms with Gasteiger partial charge in [0.1, 0.15) is 6.04 Å². The van der Waals surface area contributed by atoms with E-state index in [1.807, 2.05) is 6.92 Å². The first-order valence-corrected chi connectivity index (χ1v) is 5.89. The van der Waals surface area contributed by atoms with Crippen LogP contribution in [-0.2, 0) is 4.79 Å². The number of nitrogens with one attached hydrogen (secondary N) is 1. The summed E-state index contributed by atoms with van der Waals surface area (Å²) in [5.74, 6) is -2.77. The van der Waals surface area contributed by atoms with Gasteiger partial charge in [0.2, 0.25) is 0 Å². The third-order valence-corrected chi connectivity index (χ3v) is 2.77. The Labute approximate surface area is 117 Å². The molecule has 0 heterocycles. The van der Waals surface area contributed by atoms with E-state index in [2.05, 4.69) is 5.32 Å². The molecule has 1 rings (SSSR count). The number of carboxylic acids is 1. The van der Waals surface area contributed by atoms with Gasteiger partial charge in [0.25, 0.3) is 0 Å². The molecule has 0 saturated heterocycles. The lowest BCUT2D eigenvalue weighted by Crippen LogP contribution is -2.38. The van der Waals surface area contributed by atoms with E-state index in [1.165, 1.54) is 6.07 Å². The summed E-state index contributed by atoms with van der Waals surface area (Å²) < 4.78 is 25.8. The summed E-state index contributed by atoms with van der Waals surface area (Å²) in [5, 5.41) is 11.9. The lowest BCUT2D eigenvalue weighted by molar-refractivity contribution is -0.139. The normalized spacial score (nSPS) is 13.5. The molecule has 0 spiro atoms. The van der Waals surface area contributed by atoms with Gasteiger partial charge in [0, 0.05) is 6.04 Å². The summed E-state index contributed by atoms with van der Waals surface area (Å²) in [6.45, 7) is 3.61. The molecule has 0 aliphatic carbocycles. The fourth-order valence-electron chi connectivity index (χ4n) is 1.75. The van der Waals surface area contributed by atoms with Crippen molar-refractivity contribution in [1.82, 2.24) is 5.32 Å². The van der Waals surface area contributed by atoms with Crippen LogP contribution in [-0.4, -0.2) is 17.1 Å². The summed E-state index contributed by atoms with van der Waals surface area (Å²) in [6.07, 6.45) is 1.22. The molecule has 0 saturated carbocycles. The highest BCUT2D eigenvalue weighted by Crippen LogP contribution is 2.17. The van der Waals surface area contributed by atoms with Crippen LogP contribution >= 0.6 is 12.4 Å². The molecule has 1 aromatic carbocycles. The second kappa shape index (κ2) is 8.07. The maximum atomic E-state index is 13.1. The molecular formula is C13H18ClF2NO2. The topological polar surface area (TPSA) is 49.3 Å². The Kier molecular flexibility index (Phi) is 7.56. The van der Waals surface area contributed by atoms with E-state index in [-0.39, 0.29) is 18.4 Å². The molecule has 1 aromatic rings. The average Bonchev–Trinajstić information content (AvgIpc) is 2.31. The van der Waals surface area contributed by atoms with Crippen LogP contribution in [0.25, 0.3) is 0 Å². The molecule has 108 valence electrons. The number of rotatable bonds is 6. The fourth-order valence-corrected chi connectivity index (χ4v) is 1.75. The van der Waals surface area contributed by atoms with Crippen molar-refractivity contribution in [2.24, 2.45) is 0 Å².